The number of thioether (sulfide) groups is 1. The Bertz CT molecular complexity index is 917. The maximum absolute atomic E-state index is 13.7. The van der Waals surface area contributed by atoms with E-state index < -0.39 is 5.60 Å². The zero-order chi connectivity index (χ0) is 23.1. The van der Waals surface area contributed by atoms with Crippen molar-refractivity contribution < 1.29 is 18.7 Å². The smallest absolute Gasteiger partial charge is 0.410 e. The fourth-order valence-electron chi connectivity index (χ4n) is 3.68. The number of hydrogen-bond acceptors (Lipinski definition) is 4. The van der Waals surface area contributed by atoms with Gasteiger partial charge in [0.05, 0.1) is 0 Å². The fraction of sp³-hybridized carbons (Fsp3) is 0.500. The molecular formula is C24H32FN3O3S. The molecule has 2 aromatic rings. The second kappa shape index (κ2) is 10.9. The van der Waals surface area contributed by atoms with E-state index in [0.717, 1.165) is 12.8 Å². The number of nitrogens with zero attached hydrogens (tertiary/aromatic N) is 2. The molecule has 1 aliphatic heterocycles. The van der Waals surface area contributed by atoms with Gasteiger partial charge in [0, 0.05) is 43.4 Å². The van der Waals surface area contributed by atoms with Gasteiger partial charge in [-0.1, -0.05) is 18.2 Å². The molecule has 1 aliphatic rings. The van der Waals surface area contributed by atoms with Gasteiger partial charge in [-0.2, -0.15) is 11.8 Å². The molecule has 1 saturated heterocycles. The number of benzene rings is 1. The summed E-state index contributed by atoms with van der Waals surface area (Å²) in [7, 11) is 0. The summed E-state index contributed by atoms with van der Waals surface area (Å²) in [5, 5.41) is 2.96. The Kier molecular flexibility index (Phi) is 8.23. The summed E-state index contributed by atoms with van der Waals surface area (Å²) < 4.78 is 21.1. The van der Waals surface area contributed by atoms with E-state index in [1.807, 2.05) is 49.7 Å². The molecule has 32 heavy (non-hydrogen) atoms. The van der Waals surface area contributed by atoms with E-state index >= 15 is 0 Å². The van der Waals surface area contributed by atoms with Gasteiger partial charge in [0.2, 0.25) is 0 Å². The highest BCUT2D eigenvalue weighted by Crippen LogP contribution is 2.26. The Morgan fingerprint density at radius 1 is 1.16 bits per heavy atom. The predicted octanol–water partition coefficient (Wildman–Crippen LogP) is 4.86. The van der Waals surface area contributed by atoms with Crippen LogP contribution >= 0.6 is 11.8 Å². The molecule has 0 atom stereocenters. The number of aromatic nitrogens is 1. The van der Waals surface area contributed by atoms with Crippen LogP contribution < -0.4 is 5.32 Å². The van der Waals surface area contributed by atoms with Crippen molar-refractivity contribution in [3.63, 3.8) is 0 Å². The van der Waals surface area contributed by atoms with Gasteiger partial charge in [-0.25, -0.2) is 9.18 Å². The van der Waals surface area contributed by atoms with Crippen molar-refractivity contribution in [2.24, 2.45) is 0 Å². The third-order valence-corrected chi connectivity index (χ3v) is 6.28. The van der Waals surface area contributed by atoms with Crippen molar-refractivity contribution in [1.82, 2.24) is 14.8 Å². The molecule has 0 spiro atoms. The Morgan fingerprint density at radius 2 is 1.88 bits per heavy atom. The van der Waals surface area contributed by atoms with Gasteiger partial charge in [0.1, 0.15) is 17.1 Å². The van der Waals surface area contributed by atoms with Gasteiger partial charge in [-0.15, -0.1) is 0 Å². The van der Waals surface area contributed by atoms with E-state index in [1.165, 1.54) is 6.07 Å². The van der Waals surface area contributed by atoms with Crippen LogP contribution in [0.1, 0.15) is 55.7 Å². The maximum Gasteiger partial charge on any atom is 0.410 e. The van der Waals surface area contributed by atoms with Gasteiger partial charge in [0.25, 0.3) is 5.91 Å². The number of amides is 2. The highest BCUT2D eigenvalue weighted by molar-refractivity contribution is 7.98. The quantitative estimate of drug-likeness (QED) is 0.598. The first-order chi connectivity index (χ1) is 15.2. The van der Waals surface area contributed by atoms with E-state index in [0.29, 0.717) is 42.4 Å². The Labute approximate surface area is 193 Å². The lowest BCUT2D eigenvalue weighted by molar-refractivity contribution is 0.0187. The van der Waals surface area contributed by atoms with Crippen molar-refractivity contribution in [3.8, 4) is 0 Å². The second-order valence-corrected chi connectivity index (χ2v) is 10.0. The van der Waals surface area contributed by atoms with Crippen molar-refractivity contribution >= 4 is 23.8 Å². The van der Waals surface area contributed by atoms with Crippen LogP contribution in [0, 0.1) is 5.82 Å². The lowest BCUT2D eigenvalue weighted by Gasteiger charge is -2.34. The lowest BCUT2D eigenvalue weighted by Crippen LogP contribution is -2.42. The van der Waals surface area contributed by atoms with E-state index in [9.17, 15) is 14.0 Å². The standard InChI is InChI=1S/C24H32FN3O3S/c1-24(2,3)31-23(30)27-14-10-19(11-15-27)28-13-6-9-21(28)22(29)26-12-16-32-17-18-7-4-5-8-20(18)25/h4-9,13,19H,10-12,14-17H2,1-3H3,(H,26,29). The van der Waals surface area contributed by atoms with Gasteiger partial charge in [-0.3, -0.25) is 4.79 Å². The van der Waals surface area contributed by atoms with Crippen LogP contribution in [0.2, 0.25) is 0 Å². The van der Waals surface area contributed by atoms with Gasteiger partial charge in [0.15, 0.2) is 0 Å². The zero-order valence-corrected chi connectivity index (χ0v) is 19.8. The summed E-state index contributed by atoms with van der Waals surface area (Å²) >= 11 is 1.59. The summed E-state index contributed by atoms with van der Waals surface area (Å²) in [5.41, 5.74) is 0.794. The molecule has 0 bridgehead atoms. The van der Waals surface area contributed by atoms with Crippen molar-refractivity contribution in [2.75, 3.05) is 25.4 Å². The molecule has 174 valence electrons. The second-order valence-electron chi connectivity index (χ2n) is 8.90. The minimum absolute atomic E-state index is 0.115. The van der Waals surface area contributed by atoms with Crippen LogP contribution in [-0.4, -0.2) is 52.5 Å². The first kappa shape index (κ1) is 24.2. The summed E-state index contributed by atoms with van der Waals surface area (Å²) in [6.45, 7) is 7.31. The molecule has 6 nitrogen and oxygen atoms in total. The molecule has 0 radical (unpaired) electrons. The highest BCUT2D eigenvalue weighted by atomic mass is 32.2. The summed E-state index contributed by atoms with van der Waals surface area (Å²) in [4.78, 5) is 26.7. The number of carbonyl (C=O) groups excluding carboxylic acids is 2. The predicted molar refractivity (Wildman–Crippen MR) is 125 cm³/mol. The molecule has 1 aromatic carbocycles. The summed E-state index contributed by atoms with van der Waals surface area (Å²) in [6.07, 6.45) is 3.18. The molecular weight excluding hydrogens is 429 g/mol. The van der Waals surface area contributed by atoms with E-state index in [1.54, 1.807) is 28.8 Å². The average molecular weight is 462 g/mol. The van der Waals surface area contributed by atoms with Crippen LogP contribution in [-0.2, 0) is 10.5 Å². The maximum atomic E-state index is 13.7. The number of nitrogens with one attached hydrogen (secondary N) is 1. The SMILES string of the molecule is CC(C)(C)OC(=O)N1CCC(n2cccc2C(=O)NCCSCc2ccccc2F)CC1. The third kappa shape index (κ3) is 6.76. The minimum atomic E-state index is -0.507. The molecule has 0 unspecified atom stereocenters. The first-order valence-electron chi connectivity index (χ1n) is 11.0. The van der Waals surface area contributed by atoms with Crippen LogP contribution in [0.4, 0.5) is 9.18 Å². The van der Waals surface area contributed by atoms with Gasteiger partial charge >= 0.3 is 6.09 Å². The molecule has 1 fully saturated rings. The Hall–Kier alpha value is -2.48. The van der Waals surface area contributed by atoms with Crippen molar-refractivity contribution in [2.45, 2.75) is 51.0 Å². The first-order valence-corrected chi connectivity index (χ1v) is 12.1. The number of hydrogen-bond donors (Lipinski definition) is 1. The molecule has 0 saturated carbocycles. The minimum Gasteiger partial charge on any atom is -0.444 e. The summed E-state index contributed by atoms with van der Waals surface area (Å²) in [6, 6.07) is 10.6. The van der Waals surface area contributed by atoms with Crippen LogP contribution in [0.5, 0.6) is 0 Å². The fourth-order valence-corrected chi connectivity index (χ4v) is 4.53. The van der Waals surface area contributed by atoms with Gasteiger partial charge in [-0.05, 0) is 57.4 Å². The number of likely N-dealkylation sites (tertiary alicyclic amines) is 1. The number of ether oxygens (including phenoxy) is 1. The lowest BCUT2D eigenvalue weighted by atomic mass is 10.0. The Balaban J connectivity index is 1.44. The van der Waals surface area contributed by atoms with Crippen LogP contribution in [0.3, 0.4) is 0 Å². The normalized spacial score (nSPS) is 14.9. The van der Waals surface area contributed by atoms with E-state index in [-0.39, 0.29) is 23.9 Å². The average Bonchev–Trinajstić information content (AvgIpc) is 3.23. The number of carbonyl (C=O) groups is 2. The number of rotatable bonds is 7. The number of halogens is 1. The molecule has 1 aromatic heterocycles. The van der Waals surface area contributed by atoms with E-state index in [4.69, 9.17) is 4.74 Å². The number of piperidine rings is 1. The van der Waals surface area contributed by atoms with Gasteiger partial charge < -0.3 is 19.5 Å². The third-order valence-electron chi connectivity index (χ3n) is 5.27. The molecule has 2 heterocycles. The molecule has 0 aliphatic carbocycles. The Morgan fingerprint density at radius 3 is 2.56 bits per heavy atom. The van der Waals surface area contributed by atoms with Crippen molar-refractivity contribution in [1.29, 1.82) is 0 Å². The van der Waals surface area contributed by atoms with Crippen LogP contribution in [0.15, 0.2) is 42.6 Å². The molecule has 1 N–H and O–H groups in total. The van der Waals surface area contributed by atoms with Crippen LogP contribution in [0.25, 0.3) is 0 Å². The zero-order valence-electron chi connectivity index (χ0n) is 19.0. The molecule has 3 rings (SSSR count). The molecule has 2 amide bonds. The van der Waals surface area contributed by atoms with Crippen molar-refractivity contribution in [3.05, 3.63) is 59.7 Å². The monoisotopic (exact) mass is 461 g/mol. The summed E-state index contributed by atoms with van der Waals surface area (Å²) in [5.74, 6) is 0.972. The highest BCUT2D eigenvalue weighted by Gasteiger charge is 2.28. The largest absolute Gasteiger partial charge is 0.444 e. The van der Waals surface area contributed by atoms with E-state index in [2.05, 4.69) is 5.32 Å². The topological polar surface area (TPSA) is 63.6 Å². The molecule has 8 heteroatoms.